The number of rotatable bonds is 4. The minimum Gasteiger partial charge on any atom is -0.497 e. The largest absolute Gasteiger partial charge is 0.497 e. The second-order valence-corrected chi connectivity index (χ2v) is 9.70. The topological polar surface area (TPSA) is 91.4 Å². The molecule has 3 aliphatic rings. The van der Waals surface area contributed by atoms with Gasteiger partial charge in [-0.2, -0.15) is 0 Å². The van der Waals surface area contributed by atoms with Gasteiger partial charge in [0.25, 0.3) is 5.91 Å². The van der Waals surface area contributed by atoms with E-state index in [2.05, 4.69) is 15.1 Å². The summed E-state index contributed by atoms with van der Waals surface area (Å²) in [6.45, 7) is 1.68. The van der Waals surface area contributed by atoms with Gasteiger partial charge in [0.1, 0.15) is 11.5 Å². The van der Waals surface area contributed by atoms with Gasteiger partial charge in [0.15, 0.2) is 5.41 Å². The average Bonchev–Trinajstić information content (AvgIpc) is 2.96. The van der Waals surface area contributed by atoms with Gasteiger partial charge in [0.2, 0.25) is 5.91 Å². The summed E-state index contributed by atoms with van der Waals surface area (Å²) in [7, 11) is 3.18. The van der Waals surface area contributed by atoms with Crippen molar-refractivity contribution in [1.29, 1.82) is 0 Å². The number of nitrogens with one attached hydrogen (secondary N) is 1. The number of piperazine rings is 1. The number of ether oxygens (including phenoxy) is 2. The quantitative estimate of drug-likeness (QED) is 0.537. The summed E-state index contributed by atoms with van der Waals surface area (Å²) in [5.74, 6) is 0.231. The number of carbonyl (C=O) groups excluding carboxylic acids is 3. The molecule has 1 spiro atoms. The van der Waals surface area contributed by atoms with Crippen molar-refractivity contribution in [3.63, 3.8) is 0 Å². The third-order valence-electron chi connectivity index (χ3n) is 7.89. The number of barbiturate groups is 1. The van der Waals surface area contributed by atoms with Crippen LogP contribution in [-0.4, -0.2) is 57.7 Å². The number of amides is 4. The molecule has 9 heteroatoms. The highest BCUT2D eigenvalue weighted by molar-refractivity contribution is 6.30. The van der Waals surface area contributed by atoms with Gasteiger partial charge < -0.3 is 19.3 Å². The van der Waals surface area contributed by atoms with Crippen LogP contribution in [-0.2, 0) is 16.0 Å². The van der Waals surface area contributed by atoms with Crippen LogP contribution < -0.4 is 29.5 Å². The number of methoxy groups -OCH3 is 2. The summed E-state index contributed by atoms with van der Waals surface area (Å²) < 4.78 is 10.9. The standard InChI is InChI=1S/C29H28N4O5/c1-37-21-13-11-20(12-14-21)33-27(35)29(26(34)30-28(33)36)17-19-7-3-4-8-22(19)32-16-15-31(18-25(29)32)23-9-5-6-10-24(23)38-2/h3-14,25H,15-18H2,1-2H3,(H,30,34,36)/t25-,29-/m0/s1. The molecule has 0 saturated carbocycles. The van der Waals surface area contributed by atoms with Crippen LogP contribution in [0.15, 0.2) is 72.8 Å². The first kappa shape index (κ1) is 23.8. The molecule has 9 nitrogen and oxygen atoms in total. The lowest BCUT2D eigenvalue weighted by molar-refractivity contribution is -0.144. The molecule has 1 N–H and O–H groups in total. The number of hydrogen-bond donors (Lipinski definition) is 1. The number of anilines is 3. The predicted octanol–water partition coefficient (Wildman–Crippen LogP) is 3.22. The van der Waals surface area contributed by atoms with Crippen LogP contribution in [0.1, 0.15) is 5.56 Å². The number of urea groups is 1. The minimum absolute atomic E-state index is 0.189. The summed E-state index contributed by atoms with van der Waals surface area (Å²) in [6.07, 6.45) is 0.189. The molecule has 0 bridgehead atoms. The lowest BCUT2D eigenvalue weighted by Crippen LogP contribution is -2.75. The molecular formula is C29H28N4O5. The number of carbonyl (C=O) groups is 3. The Morgan fingerprint density at radius 2 is 1.55 bits per heavy atom. The van der Waals surface area contributed by atoms with Gasteiger partial charge in [-0.15, -0.1) is 0 Å². The number of hydrogen-bond acceptors (Lipinski definition) is 7. The molecule has 2 saturated heterocycles. The average molecular weight is 513 g/mol. The van der Waals surface area contributed by atoms with Gasteiger partial charge >= 0.3 is 6.03 Å². The summed E-state index contributed by atoms with van der Waals surface area (Å²) in [5, 5.41) is 2.51. The highest BCUT2D eigenvalue weighted by Crippen LogP contribution is 2.47. The molecule has 3 aliphatic heterocycles. The fourth-order valence-electron chi connectivity index (χ4n) is 6.03. The smallest absolute Gasteiger partial charge is 0.335 e. The Balaban J connectivity index is 1.47. The van der Waals surface area contributed by atoms with Crippen molar-refractivity contribution in [2.24, 2.45) is 5.41 Å². The van der Waals surface area contributed by atoms with Crippen LogP contribution in [0.25, 0.3) is 0 Å². The van der Waals surface area contributed by atoms with Gasteiger partial charge in [0, 0.05) is 25.3 Å². The van der Waals surface area contributed by atoms with Crippen LogP contribution in [0.2, 0.25) is 0 Å². The first-order valence-corrected chi connectivity index (χ1v) is 12.5. The fraction of sp³-hybridized carbons (Fsp3) is 0.276. The SMILES string of the molecule is COc1ccc(N2C(=O)NC(=O)[C@@]3(Cc4ccccc4N4CCN(c5ccccc5OC)C[C@H]43)C2=O)cc1. The van der Waals surface area contributed by atoms with Crippen molar-refractivity contribution in [1.82, 2.24) is 5.32 Å². The zero-order valence-electron chi connectivity index (χ0n) is 21.2. The fourth-order valence-corrected chi connectivity index (χ4v) is 6.03. The Morgan fingerprint density at radius 1 is 0.842 bits per heavy atom. The lowest BCUT2D eigenvalue weighted by atomic mass is 9.67. The van der Waals surface area contributed by atoms with E-state index in [1.54, 1.807) is 38.5 Å². The molecule has 3 aromatic carbocycles. The van der Waals surface area contributed by atoms with Gasteiger partial charge in [-0.3, -0.25) is 14.9 Å². The summed E-state index contributed by atoms with van der Waals surface area (Å²) in [5.41, 5.74) is 1.68. The molecule has 3 aromatic rings. The summed E-state index contributed by atoms with van der Waals surface area (Å²) in [4.78, 5) is 46.8. The van der Waals surface area contributed by atoms with Gasteiger partial charge in [-0.1, -0.05) is 30.3 Å². The molecule has 194 valence electrons. The first-order chi connectivity index (χ1) is 18.5. The highest BCUT2D eigenvalue weighted by atomic mass is 16.5. The van der Waals surface area contributed by atoms with Crippen LogP contribution in [0.3, 0.4) is 0 Å². The Hall–Kier alpha value is -4.53. The number of benzene rings is 3. The number of imide groups is 2. The normalized spacial score (nSPS) is 22.6. The zero-order valence-corrected chi connectivity index (χ0v) is 21.2. The van der Waals surface area contributed by atoms with E-state index in [9.17, 15) is 14.4 Å². The first-order valence-electron chi connectivity index (χ1n) is 12.5. The van der Waals surface area contributed by atoms with Crippen molar-refractivity contribution in [3.8, 4) is 11.5 Å². The zero-order chi connectivity index (χ0) is 26.4. The van der Waals surface area contributed by atoms with E-state index in [0.29, 0.717) is 31.1 Å². The molecule has 0 radical (unpaired) electrons. The Kier molecular flexibility index (Phi) is 5.71. The molecule has 2 fully saturated rings. The molecule has 3 heterocycles. The summed E-state index contributed by atoms with van der Waals surface area (Å²) >= 11 is 0. The molecular weight excluding hydrogens is 484 g/mol. The van der Waals surface area contributed by atoms with Crippen LogP contribution in [0, 0.1) is 5.41 Å². The third-order valence-corrected chi connectivity index (χ3v) is 7.89. The monoisotopic (exact) mass is 512 g/mol. The predicted molar refractivity (Wildman–Crippen MR) is 143 cm³/mol. The number of para-hydroxylation sites is 3. The Morgan fingerprint density at radius 3 is 2.29 bits per heavy atom. The van der Waals surface area contributed by atoms with E-state index in [4.69, 9.17) is 9.47 Å². The van der Waals surface area contributed by atoms with Crippen molar-refractivity contribution in [2.75, 3.05) is 48.6 Å². The van der Waals surface area contributed by atoms with E-state index in [1.807, 2.05) is 48.5 Å². The number of fused-ring (bicyclic) bond motifs is 4. The third kappa shape index (κ3) is 3.49. The maximum Gasteiger partial charge on any atom is 0.335 e. The Labute approximate surface area is 220 Å². The molecule has 0 aliphatic carbocycles. The van der Waals surface area contributed by atoms with Crippen molar-refractivity contribution in [3.05, 3.63) is 78.4 Å². The molecule has 38 heavy (non-hydrogen) atoms. The van der Waals surface area contributed by atoms with E-state index >= 15 is 0 Å². The van der Waals surface area contributed by atoms with Crippen LogP contribution in [0.5, 0.6) is 11.5 Å². The van der Waals surface area contributed by atoms with Crippen molar-refractivity contribution < 1.29 is 23.9 Å². The van der Waals surface area contributed by atoms with Crippen LogP contribution in [0.4, 0.5) is 21.9 Å². The van der Waals surface area contributed by atoms with Crippen LogP contribution >= 0.6 is 0 Å². The van der Waals surface area contributed by atoms with Gasteiger partial charge in [0.05, 0.1) is 31.6 Å². The molecule has 0 aromatic heterocycles. The van der Waals surface area contributed by atoms with Crippen molar-refractivity contribution >= 4 is 34.9 Å². The molecule has 0 unspecified atom stereocenters. The second kappa shape index (κ2) is 9.09. The summed E-state index contributed by atoms with van der Waals surface area (Å²) in [6, 6.07) is 21.0. The lowest BCUT2D eigenvalue weighted by Gasteiger charge is -2.55. The molecule has 6 rings (SSSR count). The number of nitrogens with zero attached hydrogens (tertiary/aromatic N) is 3. The van der Waals surface area contributed by atoms with E-state index < -0.39 is 29.3 Å². The maximum absolute atomic E-state index is 14.5. The highest BCUT2D eigenvalue weighted by Gasteiger charge is 2.63. The van der Waals surface area contributed by atoms with E-state index in [1.165, 1.54) is 0 Å². The minimum atomic E-state index is -1.51. The van der Waals surface area contributed by atoms with Crippen molar-refractivity contribution in [2.45, 2.75) is 12.5 Å². The molecule has 4 amide bonds. The molecule has 2 atom stereocenters. The Bertz CT molecular complexity index is 1420. The second-order valence-electron chi connectivity index (χ2n) is 9.70. The van der Waals surface area contributed by atoms with Gasteiger partial charge in [-0.05, 0) is 54.4 Å². The van der Waals surface area contributed by atoms with Gasteiger partial charge in [-0.25, -0.2) is 9.69 Å². The maximum atomic E-state index is 14.5. The van der Waals surface area contributed by atoms with E-state index in [0.717, 1.165) is 27.6 Å². The van der Waals surface area contributed by atoms with E-state index in [-0.39, 0.29) is 6.42 Å².